The molecular weight excluding hydrogens is 196 g/mol. The van der Waals surface area contributed by atoms with E-state index in [1.807, 2.05) is 0 Å². The van der Waals surface area contributed by atoms with E-state index in [4.69, 9.17) is 5.11 Å². The van der Waals surface area contributed by atoms with Crippen molar-refractivity contribution in [3.05, 3.63) is 39.9 Å². The Balaban J connectivity index is 2.88. The van der Waals surface area contributed by atoms with Crippen LogP contribution in [0.4, 0.5) is 14.5 Å². The van der Waals surface area contributed by atoms with Crippen molar-refractivity contribution in [2.75, 3.05) is 0 Å². The van der Waals surface area contributed by atoms with E-state index < -0.39 is 17.5 Å². The van der Waals surface area contributed by atoms with E-state index in [1.54, 1.807) is 0 Å². The molecule has 4 nitrogen and oxygen atoms in total. The minimum Gasteiger partial charge on any atom is -0.382 e. The molecule has 0 aliphatic heterocycles. The molecule has 0 saturated heterocycles. The standard InChI is InChI=1S/C8H7F2NO3/c9-8(10)7(12)5-1-3-6(4-2-5)11(13)14/h1-4,7-8,12H. The van der Waals surface area contributed by atoms with Crippen molar-refractivity contribution in [3.8, 4) is 0 Å². The molecule has 0 amide bonds. The van der Waals surface area contributed by atoms with Gasteiger partial charge in [-0.15, -0.1) is 0 Å². The fourth-order valence-electron chi connectivity index (χ4n) is 0.939. The second-order valence-corrected chi connectivity index (χ2v) is 2.63. The van der Waals surface area contributed by atoms with Crippen molar-refractivity contribution in [1.29, 1.82) is 0 Å². The van der Waals surface area contributed by atoms with Gasteiger partial charge in [0.2, 0.25) is 0 Å². The first kappa shape index (κ1) is 10.5. The summed E-state index contributed by atoms with van der Waals surface area (Å²) >= 11 is 0. The Bertz CT molecular complexity index is 326. The van der Waals surface area contributed by atoms with Gasteiger partial charge in [0.25, 0.3) is 12.1 Å². The lowest BCUT2D eigenvalue weighted by Gasteiger charge is -2.08. The van der Waals surface area contributed by atoms with Gasteiger partial charge in [0.1, 0.15) is 6.10 Å². The minimum atomic E-state index is -2.89. The molecule has 0 bridgehead atoms. The van der Waals surface area contributed by atoms with Gasteiger partial charge in [0.05, 0.1) is 4.92 Å². The lowest BCUT2D eigenvalue weighted by atomic mass is 10.1. The fourth-order valence-corrected chi connectivity index (χ4v) is 0.939. The number of rotatable bonds is 3. The summed E-state index contributed by atoms with van der Waals surface area (Å²) in [6, 6.07) is 4.35. The first-order chi connectivity index (χ1) is 6.52. The molecule has 0 radical (unpaired) electrons. The van der Waals surface area contributed by atoms with E-state index in [9.17, 15) is 18.9 Å². The number of halogens is 2. The van der Waals surface area contributed by atoms with Crippen molar-refractivity contribution < 1.29 is 18.8 Å². The summed E-state index contributed by atoms with van der Waals surface area (Å²) < 4.78 is 24.0. The molecule has 0 fully saturated rings. The Hall–Kier alpha value is -1.56. The van der Waals surface area contributed by atoms with Gasteiger partial charge >= 0.3 is 0 Å². The third kappa shape index (κ3) is 2.23. The second kappa shape index (κ2) is 4.10. The van der Waals surface area contributed by atoms with E-state index in [0.29, 0.717) is 0 Å². The summed E-state index contributed by atoms with van der Waals surface area (Å²) in [7, 11) is 0. The molecule has 1 unspecified atom stereocenters. The van der Waals surface area contributed by atoms with Gasteiger partial charge in [0, 0.05) is 12.1 Å². The summed E-state index contributed by atoms with van der Waals surface area (Å²) in [6.07, 6.45) is -4.78. The highest BCUT2D eigenvalue weighted by molar-refractivity contribution is 5.33. The summed E-state index contributed by atoms with van der Waals surface area (Å²) in [5.41, 5.74) is -0.235. The molecule has 1 rings (SSSR count). The lowest BCUT2D eigenvalue weighted by molar-refractivity contribution is -0.384. The topological polar surface area (TPSA) is 63.4 Å². The molecule has 1 N–H and O–H groups in total. The first-order valence-electron chi connectivity index (χ1n) is 3.73. The Labute approximate surface area is 77.9 Å². The molecule has 0 saturated carbocycles. The zero-order chi connectivity index (χ0) is 10.7. The normalized spacial score (nSPS) is 12.9. The van der Waals surface area contributed by atoms with Crippen LogP contribution in [0, 0.1) is 10.1 Å². The molecule has 1 aromatic rings. The number of alkyl halides is 2. The van der Waals surface area contributed by atoms with E-state index in [2.05, 4.69) is 0 Å². The molecule has 1 aromatic carbocycles. The van der Waals surface area contributed by atoms with E-state index in [1.165, 1.54) is 0 Å². The zero-order valence-electron chi connectivity index (χ0n) is 6.93. The molecule has 0 aromatic heterocycles. The van der Waals surface area contributed by atoms with Crippen LogP contribution in [-0.2, 0) is 0 Å². The van der Waals surface area contributed by atoms with Crippen LogP contribution in [0.25, 0.3) is 0 Å². The summed E-state index contributed by atoms with van der Waals surface area (Å²) in [6.45, 7) is 0. The van der Waals surface area contributed by atoms with Crippen LogP contribution in [-0.4, -0.2) is 16.5 Å². The van der Waals surface area contributed by atoms with Crippen molar-refractivity contribution >= 4 is 5.69 Å². The number of nitrogens with zero attached hydrogens (tertiary/aromatic N) is 1. The van der Waals surface area contributed by atoms with E-state index in [0.717, 1.165) is 24.3 Å². The highest BCUT2D eigenvalue weighted by Gasteiger charge is 2.19. The number of benzene rings is 1. The Kier molecular flexibility index (Phi) is 3.08. The Morgan fingerprint density at radius 1 is 1.29 bits per heavy atom. The highest BCUT2D eigenvalue weighted by Crippen LogP contribution is 2.22. The predicted octanol–water partition coefficient (Wildman–Crippen LogP) is 1.89. The predicted molar refractivity (Wildman–Crippen MR) is 44.1 cm³/mol. The first-order valence-corrected chi connectivity index (χ1v) is 3.73. The molecule has 0 spiro atoms. The molecular formula is C8H7F2NO3. The summed E-state index contributed by atoms with van der Waals surface area (Å²) in [4.78, 5) is 9.57. The number of hydrogen-bond donors (Lipinski definition) is 1. The quantitative estimate of drug-likeness (QED) is 0.602. The molecule has 1 atom stereocenters. The van der Waals surface area contributed by atoms with Gasteiger partial charge in [-0.2, -0.15) is 0 Å². The molecule has 0 aliphatic rings. The van der Waals surface area contributed by atoms with Crippen molar-refractivity contribution in [3.63, 3.8) is 0 Å². The maximum Gasteiger partial charge on any atom is 0.269 e. The van der Waals surface area contributed by atoms with Crippen molar-refractivity contribution in [2.45, 2.75) is 12.5 Å². The van der Waals surface area contributed by atoms with Crippen LogP contribution in [0.15, 0.2) is 24.3 Å². The number of nitro groups is 1. The van der Waals surface area contributed by atoms with Gasteiger partial charge in [-0.05, 0) is 17.7 Å². The average Bonchev–Trinajstić information content (AvgIpc) is 2.16. The maximum atomic E-state index is 12.0. The highest BCUT2D eigenvalue weighted by atomic mass is 19.3. The fraction of sp³-hybridized carbons (Fsp3) is 0.250. The molecule has 6 heteroatoms. The van der Waals surface area contributed by atoms with Crippen molar-refractivity contribution in [2.24, 2.45) is 0 Å². The second-order valence-electron chi connectivity index (χ2n) is 2.63. The van der Waals surface area contributed by atoms with Gasteiger partial charge in [-0.1, -0.05) is 0 Å². The van der Waals surface area contributed by atoms with Crippen LogP contribution in [0.3, 0.4) is 0 Å². The van der Waals surface area contributed by atoms with Gasteiger partial charge in [0.15, 0.2) is 0 Å². The largest absolute Gasteiger partial charge is 0.382 e. The van der Waals surface area contributed by atoms with Crippen LogP contribution in [0.2, 0.25) is 0 Å². The van der Waals surface area contributed by atoms with Crippen LogP contribution in [0.1, 0.15) is 11.7 Å². The van der Waals surface area contributed by atoms with Gasteiger partial charge in [-0.3, -0.25) is 10.1 Å². The number of nitro benzene ring substituents is 1. The van der Waals surface area contributed by atoms with E-state index in [-0.39, 0.29) is 11.3 Å². The zero-order valence-corrected chi connectivity index (χ0v) is 6.93. The lowest BCUT2D eigenvalue weighted by Crippen LogP contribution is -2.07. The Morgan fingerprint density at radius 3 is 2.14 bits per heavy atom. The van der Waals surface area contributed by atoms with Crippen LogP contribution >= 0.6 is 0 Å². The monoisotopic (exact) mass is 203 g/mol. The number of non-ortho nitro benzene ring substituents is 1. The molecule has 0 heterocycles. The van der Waals surface area contributed by atoms with Gasteiger partial charge < -0.3 is 5.11 Å². The smallest absolute Gasteiger partial charge is 0.269 e. The molecule has 14 heavy (non-hydrogen) atoms. The van der Waals surface area contributed by atoms with E-state index >= 15 is 0 Å². The number of aliphatic hydroxyl groups is 1. The van der Waals surface area contributed by atoms with Crippen molar-refractivity contribution in [1.82, 2.24) is 0 Å². The van der Waals surface area contributed by atoms with Crippen LogP contribution < -0.4 is 0 Å². The van der Waals surface area contributed by atoms with Gasteiger partial charge in [-0.25, -0.2) is 8.78 Å². The molecule has 76 valence electrons. The number of hydrogen-bond acceptors (Lipinski definition) is 3. The third-order valence-electron chi connectivity index (χ3n) is 1.68. The third-order valence-corrected chi connectivity index (χ3v) is 1.68. The average molecular weight is 203 g/mol. The minimum absolute atomic E-state index is 0.0365. The summed E-state index contributed by atoms with van der Waals surface area (Å²) in [5, 5.41) is 19.1. The maximum absolute atomic E-state index is 12.0. The van der Waals surface area contributed by atoms with Crippen LogP contribution in [0.5, 0.6) is 0 Å². The SMILES string of the molecule is O=[N+]([O-])c1ccc(C(O)C(F)F)cc1. The summed E-state index contributed by atoms with van der Waals surface area (Å²) in [5.74, 6) is 0. The molecule has 0 aliphatic carbocycles. The Morgan fingerprint density at radius 2 is 1.79 bits per heavy atom. The number of aliphatic hydroxyl groups excluding tert-OH is 1.